The van der Waals surface area contributed by atoms with Crippen LogP contribution in [0.5, 0.6) is 0 Å². The van der Waals surface area contributed by atoms with E-state index < -0.39 is 12.1 Å². The number of hydrogen-bond donors (Lipinski definition) is 1. The normalized spacial score (nSPS) is 32.0. The molecule has 0 bridgehead atoms. The van der Waals surface area contributed by atoms with Gasteiger partial charge in [0.1, 0.15) is 0 Å². The third-order valence-electron chi connectivity index (χ3n) is 5.30. The molecule has 1 heterocycles. The van der Waals surface area contributed by atoms with Gasteiger partial charge in [0.05, 0.1) is 5.92 Å². The zero-order valence-corrected chi connectivity index (χ0v) is 12.8. The minimum atomic E-state index is -4.14. The Morgan fingerprint density at radius 2 is 2.05 bits per heavy atom. The van der Waals surface area contributed by atoms with Crippen LogP contribution < -0.4 is 0 Å². The molecule has 3 rings (SSSR count). The second kappa shape index (κ2) is 6.26. The fourth-order valence-corrected chi connectivity index (χ4v) is 4.24. The molecular formula is C17H24F3NO. The Labute approximate surface area is 129 Å². The summed E-state index contributed by atoms with van der Waals surface area (Å²) in [5.74, 6) is -1.07. The first-order chi connectivity index (χ1) is 10.5. The predicted molar refractivity (Wildman–Crippen MR) is 79.1 cm³/mol. The van der Waals surface area contributed by atoms with Gasteiger partial charge >= 0.3 is 6.18 Å². The summed E-state index contributed by atoms with van der Waals surface area (Å²) in [4.78, 5) is 2.17. The van der Waals surface area contributed by atoms with Crippen LogP contribution in [0.3, 0.4) is 0 Å². The van der Waals surface area contributed by atoms with Crippen molar-refractivity contribution in [2.24, 2.45) is 11.8 Å². The number of allylic oxidation sites excluding steroid dienone is 3. The van der Waals surface area contributed by atoms with E-state index in [2.05, 4.69) is 11.0 Å². The van der Waals surface area contributed by atoms with Crippen molar-refractivity contribution >= 4 is 0 Å². The SMILES string of the molecule is OCCCN1C2=CC(C(F)(F)F)CCC2CC2=CCCCC21. The Morgan fingerprint density at radius 1 is 1.23 bits per heavy atom. The van der Waals surface area contributed by atoms with Crippen molar-refractivity contribution < 1.29 is 18.3 Å². The zero-order valence-electron chi connectivity index (χ0n) is 12.8. The quantitative estimate of drug-likeness (QED) is 0.795. The summed E-state index contributed by atoms with van der Waals surface area (Å²) in [5, 5.41) is 9.13. The second-order valence-electron chi connectivity index (χ2n) is 6.71. The van der Waals surface area contributed by atoms with Crippen molar-refractivity contribution in [2.75, 3.05) is 13.2 Å². The summed E-state index contributed by atoms with van der Waals surface area (Å²) >= 11 is 0. The molecule has 0 aromatic rings. The molecule has 0 saturated carbocycles. The van der Waals surface area contributed by atoms with Gasteiger partial charge in [-0.15, -0.1) is 0 Å². The smallest absolute Gasteiger partial charge is 0.395 e. The molecule has 2 nitrogen and oxygen atoms in total. The van der Waals surface area contributed by atoms with Crippen LogP contribution in [0, 0.1) is 11.8 Å². The van der Waals surface area contributed by atoms with E-state index in [4.69, 9.17) is 5.11 Å². The molecule has 1 saturated heterocycles. The van der Waals surface area contributed by atoms with Gasteiger partial charge in [-0.05, 0) is 44.9 Å². The number of piperidine rings is 1. The molecule has 0 spiro atoms. The van der Waals surface area contributed by atoms with Gasteiger partial charge in [-0.2, -0.15) is 13.2 Å². The lowest BCUT2D eigenvalue weighted by molar-refractivity contribution is -0.165. The zero-order chi connectivity index (χ0) is 15.7. The number of nitrogens with zero attached hydrogens (tertiary/aromatic N) is 1. The molecule has 0 aromatic heterocycles. The van der Waals surface area contributed by atoms with Gasteiger partial charge in [0, 0.05) is 30.8 Å². The number of aliphatic hydroxyl groups excluding tert-OH is 1. The maximum atomic E-state index is 13.1. The Bertz CT molecular complexity index is 469. The van der Waals surface area contributed by atoms with Crippen molar-refractivity contribution in [3.63, 3.8) is 0 Å². The number of hydrogen-bond acceptors (Lipinski definition) is 2. The first kappa shape index (κ1) is 15.9. The summed E-state index contributed by atoms with van der Waals surface area (Å²) in [7, 11) is 0. The van der Waals surface area contributed by atoms with Crippen LogP contribution in [0.25, 0.3) is 0 Å². The second-order valence-corrected chi connectivity index (χ2v) is 6.71. The van der Waals surface area contributed by atoms with Gasteiger partial charge in [0.2, 0.25) is 0 Å². The number of halogens is 3. The van der Waals surface area contributed by atoms with Gasteiger partial charge in [0.25, 0.3) is 0 Å². The van der Waals surface area contributed by atoms with Gasteiger partial charge in [0.15, 0.2) is 0 Å². The molecule has 0 radical (unpaired) electrons. The molecule has 0 aromatic carbocycles. The van der Waals surface area contributed by atoms with E-state index >= 15 is 0 Å². The van der Waals surface area contributed by atoms with E-state index in [-0.39, 0.29) is 25.0 Å². The lowest BCUT2D eigenvalue weighted by Gasteiger charge is -2.48. The summed E-state index contributed by atoms with van der Waals surface area (Å²) in [5.41, 5.74) is 2.31. The Morgan fingerprint density at radius 3 is 2.77 bits per heavy atom. The van der Waals surface area contributed by atoms with Gasteiger partial charge in [-0.1, -0.05) is 17.7 Å². The van der Waals surface area contributed by atoms with E-state index in [0.29, 0.717) is 19.4 Å². The molecule has 3 unspecified atom stereocenters. The third-order valence-corrected chi connectivity index (χ3v) is 5.30. The van der Waals surface area contributed by atoms with Crippen molar-refractivity contribution in [1.29, 1.82) is 0 Å². The number of fused-ring (bicyclic) bond motifs is 2. The standard InChI is InChI=1S/C17H24F3NO/c18-17(19,20)14-7-6-13-10-12-4-1-2-5-15(12)21(8-3-9-22)16(13)11-14/h4,11,13-15,22H,1-3,5-10H2. The highest BCUT2D eigenvalue weighted by atomic mass is 19.4. The molecule has 0 amide bonds. The first-order valence-electron chi connectivity index (χ1n) is 8.35. The highest BCUT2D eigenvalue weighted by Crippen LogP contribution is 2.47. The highest BCUT2D eigenvalue weighted by molar-refractivity contribution is 5.28. The minimum Gasteiger partial charge on any atom is -0.396 e. The molecule has 1 fully saturated rings. The van der Waals surface area contributed by atoms with Crippen molar-refractivity contribution in [2.45, 2.75) is 57.2 Å². The van der Waals surface area contributed by atoms with Gasteiger partial charge < -0.3 is 10.0 Å². The van der Waals surface area contributed by atoms with E-state index in [9.17, 15) is 13.2 Å². The molecule has 3 aliphatic rings. The summed E-state index contributed by atoms with van der Waals surface area (Å²) in [6.07, 6.45) is 5.24. The minimum absolute atomic E-state index is 0.0862. The average Bonchev–Trinajstić information content (AvgIpc) is 2.50. The van der Waals surface area contributed by atoms with Crippen LogP contribution in [0.1, 0.15) is 44.9 Å². The monoisotopic (exact) mass is 315 g/mol. The lowest BCUT2D eigenvalue weighted by atomic mass is 9.74. The lowest BCUT2D eigenvalue weighted by Crippen LogP contribution is -2.46. The molecule has 22 heavy (non-hydrogen) atoms. The van der Waals surface area contributed by atoms with E-state index in [0.717, 1.165) is 31.4 Å². The Hall–Kier alpha value is -0.970. The van der Waals surface area contributed by atoms with E-state index in [1.54, 1.807) is 0 Å². The van der Waals surface area contributed by atoms with Crippen LogP contribution >= 0.6 is 0 Å². The molecule has 1 aliphatic heterocycles. The molecule has 2 aliphatic carbocycles. The fraction of sp³-hybridized carbons (Fsp3) is 0.765. The Balaban J connectivity index is 1.90. The van der Waals surface area contributed by atoms with Crippen LogP contribution in [-0.2, 0) is 0 Å². The maximum absolute atomic E-state index is 13.1. The number of rotatable bonds is 3. The molecular weight excluding hydrogens is 291 g/mol. The van der Waals surface area contributed by atoms with Crippen molar-refractivity contribution in [3.05, 3.63) is 23.4 Å². The largest absolute Gasteiger partial charge is 0.396 e. The van der Waals surface area contributed by atoms with E-state index in [1.165, 1.54) is 11.6 Å². The van der Waals surface area contributed by atoms with Crippen molar-refractivity contribution in [3.8, 4) is 0 Å². The predicted octanol–water partition coefficient (Wildman–Crippen LogP) is 4.03. The summed E-state index contributed by atoms with van der Waals surface area (Å²) in [6, 6.07) is 0.259. The topological polar surface area (TPSA) is 23.5 Å². The van der Waals surface area contributed by atoms with Crippen LogP contribution in [0.2, 0.25) is 0 Å². The van der Waals surface area contributed by atoms with Crippen LogP contribution in [0.15, 0.2) is 23.4 Å². The van der Waals surface area contributed by atoms with Gasteiger partial charge in [-0.25, -0.2) is 0 Å². The Kier molecular flexibility index (Phi) is 4.53. The third kappa shape index (κ3) is 3.05. The summed E-state index contributed by atoms with van der Waals surface area (Å²) in [6.45, 7) is 0.744. The van der Waals surface area contributed by atoms with Gasteiger partial charge in [-0.3, -0.25) is 0 Å². The summed E-state index contributed by atoms with van der Waals surface area (Å²) < 4.78 is 39.3. The molecule has 3 atom stereocenters. The first-order valence-corrected chi connectivity index (χ1v) is 8.35. The average molecular weight is 315 g/mol. The number of alkyl halides is 3. The maximum Gasteiger partial charge on any atom is 0.395 e. The fourth-order valence-electron chi connectivity index (χ4n) is 4.24. The number of likely N-dealkylation sites (tertiary alicyclic amines) is 1. The van der Waals surface area contributed by atoms with Crippen LogP contribution in [0.4, 0.5) is 13.2 Å². The molecule has 1 N–H and O–H groups in total. The van der Waals surface area contributed by atoms with E-state index in [1.807, 2.05) is 0 Å². The molecule has 124 valence electrons. The number of aliphatic hydroxyl groups is 1. The highest BCUT2D eigenvalue weighted by Gasteiger charge is 2.44. The molecule has 5 heteroatoms. The van der Waals surface area contributed by atoms with Crippen molar-refractivity contribution in [1.82, 2.24) is 4.90 Å². The van der Waals surface area contributed by atoms with Crippen LogP contribution in [-0.4, -0.2) is 35.4 Å².